The predicted octanol–water partition coefficient (Wildman–Crippen LogP) is 14.9. The van der Waals surface area contributed by atoms with E-state index in [9.17, 15) is 0 Å². The van der Waals surface area contributed by atoms with Crippen LogP contribution < -0.4 is 42.6 Å². The normalized spacial score (nSPS) is 13.6. The van der Waals surface area contributed by atoms with Gasteiger partial charge in [0.1, 0.15) is 22.3 Å². The Kier molecular flexibility index (Phi) is 8.29. The summed E-state index contributed by atoms with van der Waals surface area (Å²) < 4.78 is 14.1. The Balaban J connectivity index is 1.07. The highest BCUT2D eigenvalue weighted by atomic mass is 16.3. The minimum Gasteiger partial charge on any atom is -0.456 e. The number of nitrogens with zero attached hydrogens (tertiary/aromatic N) is 2. The molecule has 14 aromatic rings. The van der Waals surface area contributed by atoms with Gasteiger partial charge in [0, 0.05) is 32.9 Å². The van der Waals surface area contributed by atoms with Crippen molar-refractivity contribution < 1.29 is 8.83 Å². The molecule has 0 atom stereocenters. The molecule has 0 amide bonds. The number of anilines is 6. The van der Waals surface area contributed by atoms with Crippen LogP contribution in [0.25, 0.3) is 87.0 Å². The summed E-state index contributed by atoms with van der Waals surface area (Å²) in [6.07, 6.45) is 0. The first kappa shape index (κ1) is 42.4. The van der Waals surface area contributed by atoms with Gasteiger partial charge >= 0.3 is 0 Å². The van der Waals surface area contributed by atoms with Gasteiger partial charge in [0.25, 0.3) is 0 Å². The minimum absolute atomic E-state index is 0.117. The van der Waals surface area contributed by atoms with Crippen molar-refractivity contribution in [1.82, 2.24) is 0 Å². The van der Waals surface area contributed by atoms with Crippen molar-refractivity contribution in [2.75, 3.05) is 9.80 Å². The fourth-order valence-electron chi connectivity index (χ4n) is 14.9. The molecular weight excluding hydrogens is 922 g/mol. The van der Waals surface area contributed by atoms with E-state index in [0.29, 0.717) is 0 Å². The first-order valence-electron chi connectivity index (χ1n) is 26.8. The maximum atomic E-state index is 7.04. The van der Waals surface area contributed by atoms with Gasteiger partial charge in [-0.1, -0.05) is 166 Å². The minimum atomic E-state index is -0.117. The molecule has 3 aliphatic rings. The Morgan fingerprint density at radius 3 is 1.01 bits per heavy atom. The SMILES string of the molecule is Cc1cc(C)c(B2c3cc4oc5cc6ccccc6cc5c4cc3N3c4cc5ccccc5c5c4N(c4cc6c(cc4B5c4c(C)cc(C)cc4C)oc4cc5ccccc5cc46)c4cc5ccccc5c2c43)c(C)c1. The Hall–Kier alpha value is -8.99. The van der Waals surface area contributed by atoms with Crippen LogP contribution in [-0.4, -0.2) is 13.4 Å². The van der Waals surface area contributed by atoms with Crippen molar-refractivity contribution in [3.05, 3.63) is 215 Å². The molecule has 6 heteroatoms. The molecular formula is C70H48B2N2O2. The van der Waals surface area contributed by atoms with Crippen LogP contribution >= 0.6 is 0 Å². The van der Waals surface area contributed by atoms with Crippen LogP contribution in [-0.2, 0) is 0 Å². The average Bonchev–Trinajstić information content (AvgIpc) is 3.99. The second-order valence-electron chi connectivity index (χ2n) is 22.3. The molecule has 0 saturated carbocycles. The third kappa shape index (κ3) is 5.55. The molecule has 0 bridgehead atoms. The molecule has 0 N–H and O–H groups in total. The topological polar surface area (TPSA) is 32.8 Å². The van der Waals surface area contributed by atoms with Crippen molar-refractivity contribution in [2.24, 2.45) is 0 Å². The van der Waals surface area contributed by atoms with E-state index in [2.05, 4.69) is 233 Å². The van der Waals surface area contributed by atoms with Gasteiger partial charge in [-0.25, -0.2) is 0 Å². The lowest BCUT2D eigenvalue weighted by Gasteiger charge is -2.50. The molecule has 356 valence electrons. The Morgan fingerprint density at radius 2 is 0.618 bits per heavy atom. The number of hydrogen-bond acceptors (Lipinski definition) is 4. The smallest absolute Gasteiger partial charge is 0.248 e. The van der Waals surface area contributed by atoms with E-state index >= 15 is 0 Å². The zero-order chi connectivity index (χ0) is 50.6. The molecule has 4 nitrogen and oxygen atoms in total. The van der Waals surface area contributed by atoms with Crippen LogP contribution in [0.2, 0.25) is 0 Å². The van der Waals surface area contributed by atoms with Crippen LogP contribution in [0.4, 0.5) is 34.1 Å². The molecule has 0 spiro atoms. The second-order valence-corrected chi connectivity index (χ2v) is 22.3. The van der Waals surface area contributed by atoms with Gasteiger partial charge < -0.3 is 18.6 Å². The summed E-state index contributed by atoms with van der Waals surface area (Å²) in [5.74, 6) is 0. The third-order valence-electron chi connectivity index (χ3n) is 17.7. The Morgan fingerprint density at radius 1 is 0.289 bits per heavy atom. The molecule has 0 unspecified atom stereocenters. The van der Waals surface area contributed by atoms with Crippen molar-refractivity contribution in [3.63, 3.8) is 0 Å². The summed E-state index contributed by atoms with van der Waals surface area (Å²) in [5.41, 5.74) is 26.3. The molecule has 5 heterocycles. The fourth-order valence-corrected chi connectivity index (χ4v) is 14.9. The van der Waals surface area contributed by atoms with Crippen molar-refractivity contribution in [2.45, 2.75) is 41.5 Å². The Bertz CT molecular complexity index is 4640. The first-order chi connectivity index (χ1) is 37.1. The molecule has 2 aromatic heterocycles. The first-order valence-corrected chi connectivity index (χ1v) is 26.8. The zero-order valence-corrected chi connectivity index (χ0v) is 43.2. The maximum absolute atomic E-state index is 7.04. The van der Waals surface area contributed by atoms with E-state index in [1.165, 1.54) is 143 Å². The molecule has 0 saturated heterocycles. The highest BCUT2D eigenvalue weighted by Crippen LogP contribution is 2.58. The van der Waals surface area contributed by atoms with Crippen LogP contribution in [0.15, 0.2) is 191 Å². The number of benzene rings is 12. The van der Waals surface area contributed by atoms with Crippen LogP contribution in [0, 0.1) is 41.5 Å². The summed E-state index contributed by atoms with van der Waals surface area (Å²) in [6.45, 7) is 13.5. The standard InChI is InChI=1S/C70H48B2N2O2/c1-37-23-39(3)65(40(4)24-37)71-55-35-63-53(51-27-43-15-7-9-17-45(43)31-61(51)75-63)33-57(55)73-60-30-48-20-12-14-22-50(48)68-70(60)74(59-29-47-19-11-13-21-49(47)67(71)69(59)73)58-34-54-52-28-44-16-8-10-18-46(44)32-62(52)76-64(54)36-56(58)72(68)66-41(5)25-38(2)26-42(66)6/h7-36H,1-6H3. The van der Waals surface area contributed by atoms with Crippen molar-refractivity contribution in [1.29, 1.82) is 0 Å². The summed E-state index contributed by atoms with van der Waals surface area (Å²) in [5, 5.41) is 14.2. The summed E-state index contributed by atoms with van der Waals surface area (Å²) in [6, 6.07) is 68.9. The third-order valence-corrected chi connectivity index (χ3v) is 17.7. The molecule has 17 rings (SSSR count). The van der Waals surface area contributed by atoms with Crippen LogP contribution in [0.3, 0.4) is 0 Å². The van der Waals surface area contributed by atoms with Crippen LogP contribution in [0.1, 0.15) is 33.4 Å². The maximum Gasteiger partial charge on any atom is 0.248 e. The van der Waals surface area contributed by atoms with Crippen LogP contribution in [0.5, 0.6) is 0 Å². The van der Waals surface area contributed by atoms with E-state index in [1.54, 1.807) is 0 Å². The predicted molar refractivity (Wildman–Crippen MR) is 325 cm³/mol. The van der Waals surface area contributed by atoms with Crippen molar-refractivity contribution >= 4 is 167 Å². The molecule has 0 aliphatic carbocycles. The van der Waals surface area contributed by atoms with E-state index in [-0.39, 0.29) is 13.4 Å². The highest BCUT2D eigenvalue weighted by molar-refractivity contribution is 7.01. The number of fused-ring (bicyclic) bond motifs is 18. The van der Waals surface area contributed by atoms with E-state index in [4.69, 9.17) is 8.83 Å². The van der Waals surface area contributed by atoms with E-state index in [0.717, 1.165) is 43.9 Å². The lowest BCUT2D eigenvalue weighted by Crippen LogP contribution is -2.62. The fraction of sp³-hybridized carbons (Fsp3) is 0.0857. The monoisotopic (exact) mass is 970 g/mol. The van der Waals surface area contributed by atoms with Gasteiger partial charge in [-0.15, -0.1) is 0 Å². The van der Waals surface area contributed by atoms with E-state index in [1.807, 2.05) is 0 Å². The van der Waals surface area contributed by atoms with Gasteiger partial charge in [-0.2, -0.15) is 0 Å². The quantitative estimate of drug-likeness (QED) is 0.162. The van der Waals surface area contributed by atoms with Gasteiger partial charge in [0.05, 0.1) is 22.7 Å². The van der Waals surface area contributed by atoms with Crippen molar-refractivity contribution in [3.8, 4) is 0 Å². The number of furan rings is 2. The molecule has 3 aliphatic heterocycles. The molecule has 0 radical (unpaired) electrons. The zero-order valence-electron chi connectivity index (χ0n) is 43.2. The average molecular weight is 971 g/mol. The number of aryl methyl sites for hydroxylation is 6. The molecule has 0 fully saturated rings. The second kappa shape index (κ2) is 14.9. The van der Waals surface area contributed by atoms with Gasteiger partial charge in [0.2, 0.25) is 13.4 Å². The largest absolute Gasteiger partial charge is 0.456 e. The van der Waals surface area contributed by atoms with Gasteiger partial charge in [-0.3, -0.25) is 0 Å². The number of rotatable bonds is 2. The molecule has 12 aromatic carbocycles. The van der Waals surface area contributed by atoms with E-state index < -0.39 is 0 Å². The number of hydrogen-bond donors (Lipinski definition) is 0. The molecule has 76 heavy (non-hydrogen) atoms. The summed E-state index contributed by atoms with van der Waals surface area (Å²) >= 11 is 0. The summed E-state index contributed by atoms with van der Waals surface area (Å²) in [4.78, 5) is 5.36. The summed E-state index contributed by atoms with van der Waals surface area (Å²) in [7, 11) is 0. The lowest BCUT2D eigenvalue weighted by molar-refractivity contribution is 0.669. The highest BCUT2D eigenvalue weighted by Gasteiger charge is 2.49. The Labute approximate surface area is 440 Å². The lowest BCUT2D eigenvalue weighted by atomic mass is 9.32. The van der Waals surface area contributed by atoms with Gasteiger partial charge in [-0.05, 0) is 167 Å². The van der Waals surface area contributed by atoms with Gasteiger partial charge in [0.15, 0.2) is 0 Å².